The number of benzene rings is 2. The van der Waals surface area contributed by atoms with Crippen LogP contribution in [0.3, 0.4) is 0 Å². The van der Waals surface area contributed by atoms with Crippen LogP contribution in [0.5, 0.6) is 0 Å². The van der Waals surface area contributed by atoms with Gasteiger partial charge in [0.1, 0.15) is 5.54 Å². The van der Waals surface area contributed by atoms with Crippen molar-refractivity contribution in [1.82, 2.24) is 4.90 Å². The molecule has 1 aliphatic carbocycles. The molecule has 2 aromatic carbocycles. The molecule has 35 heavy (non-hydrogen) atoms. The standard InChI is InChI=1S/C29H38N2O4/c1-19-15-23(16-20(2)21(19)3)27-10-9-25(17-24(27)18-35-26-7-5-6-8-26)30-29(28(33)34)11-13-31(14-12-29)22(4)32/h9-10,15-17,26,30H,5-8,11-14,18H2,1-4H3,(H,33,34). The molecule has 1 saturated carbocycles. The number of carboxylic acid groups (broad SMARTS) is 1. The molecule has 6 nitrogen and oxygen atoms in total. The van der Waals surface area contributed by atoms with Crippen molar-refractivity contribution in [3.63, 3.8) is 0 Å². The van der Waals surface area contributed by atoms with Gasteiger partial charge < -0.3 is 20.1 Å². The molecule has 1 saturated heterocycles. The minimum Gasteiger partial charge on any atom is -0.480 e. The second kappa shape index (κ2) is 10.4. The molecular weight excluding hydrogens is 440 g/mol. The Morgan fingerprint density at radius 3 is 2.26 bits per heavy atom. The second-order valence-corrected chi connectivity index (χ2v) is 10.3. The topological polar surface area (TPSA) is 78.9 Å². The molecule has 1 heterocycles. The zero-order valence-corrected chi connectivity index (χ0v) is 21.4. The number of likely N-dealkylation sites (tertiary alicyclic amines) is 1. The Labute approximate surface area is 208 Å². The molecule has 1 amide bonds. The van der Waals surface area contributed by atoms with E-state index in [1.54, 1.807) is 4.90 Å². The van der Waals surface area contributed by atoms with Crippen molar-refractivity contribution >= 4 is 17.6 Å². The molecule has 1 aliphatic heterocycles. The molecule has 2 aromatic rings. The zero-order chi connectivity index (χ0) is 25.2. The Morgan fingerprint density at radius 2 is 1.69 bits per heavy atom. The number of nitrogens with one attached hydrogen (secondary N) is 1. The van der Waals surface area contributed by atoms with E-state index in [1.165, 1.54) is 36.5 Å². The van der Waals surface area contributed by atoms with Crippen LogP contribution in [-0.2, 0) is 20.9 Å². The first-order chi connectivity index (χ1) is 16.7. The molecule has 188 valence electrons. The van der Waals surface area contributed by atoms with Gasteiger partial charge in [-0.3, -0.25) is 4.79 Å². The smallest absolute Gasteiger partial charge is 0.329 e. The number of carbonyl (C=O) groups excluding carboxylic acids is 1. The van der Waals surface area contributed by atoms with Gasteiger partial charge in [-0.2, -0.15) is 0 Å². The van der Waals surface area contributed by atoms with Crippen molar-refractivity contribution in [2.45, 2.75) is 84.5 Å². The Kier molecular flexibility index (Phi) is 7.50. The lowest BCUT2D eigenvalue weighted by Gasteiger charge is -2.39. The third-order valence-electron chi connectivity index (χ3n) is 7.98. The van der Waals surface area contributed by atoms with Crippen molar-refractivity contribution < 1.29 is 19.4 Å². The molecule has 0 radical (unpaired) electrons. The van der Waals surface area contributed by atoms with E-state index in [0.29, 0.717) is 38.6 Å². The number of carbonyl (C=O) groups is 2. The minimum atomic E-state index is -1.09. The molecule has 2 fully saturated rings. The van der Waals surface area contributed by atoms with E-state index in [1.807, 2.05) is 6.07 Å². The highest BCUT2D eigenvalue weighted by Crippen LogP contribution is 2.34. The van der Waals surface area contributed by atoms with E-state index >= 15 is 0 Å². The lowest BCUT2D eigenvalue weighted by molar-refractivity contribution is -0.146. The summed E-state index contributed by atoms with van der Waals surface area (Å²) in [5.41, 5.74) is 6.84. The van der Waals surface area contributed by atoms with Gasteiger partial charge in [-0.15, -0.1) is 0 Å². The van der Waals surface area contributed by atoms with Crippen LogP contribution in [0.15, 0.2) is 30.3 Å². The van der Waals surface area contributed by atoms with E-state index in [2.05, 4.69) is 50.4 Å². The fraction of sp³-hybridized carbons (Fsp3) is 0.517. The number of carboxylic acids is 1. The first-order valence-corrected chi connectivity index (χ1v) is 12.8. The van der Waals surface area contributed by atoms with Crippen molar-refractivity contribution in [3.8, 4) is 11.1 Å². The van der Waals surface area contributed by atoms with E-state index in [-0.39, 0.29) is 5.91 Å². The predicted molar refractivity (Wildman–Crippen MR) is 139 cm³/mol. The van der Waals surface area contributed by atoms with Gasteiger partial charge >= 0.3 is 5.97 Å². The number of ether oxygens (including phenoxy) is 1. The molecule has 0 atom stereocenters. The van der Waals surface area contributed by atoms with Crippen molar-refractivity contribution in [3.05, 3.63) is 52.6 Å². The number of amides is 1. The van der Waals surface area contributed by atoms with E-state index in [4.69, 9.17) is 4.74 Å². The number of rotatable bonds is 7. The summed E-state index contributed by atoms with van der Waals surface area (Å²) in [6, 6.07) is 10.6. The van der Waals surface area contributed by atoms with E-state index < -0.39 is 11.5 Å². The summed E-state index contributed by atoms with van der Waals surface area (Å²) < 4.78 is 6.31. The Hall–Kier alpha value is -2.86. The number of aryl methyl sites for hydroxylation is 2. The van der Waals surface area contributed by atoms with Crippen molar-refractivity contribution in [1.29, 1.82) is 0 Å². The van der Waals surface area contributed by atoms with Gasteiger partial charge in [-0.1, -0.05) is 31.0 Å². The highest BCUT2D eigenvalue weighted by atomic mass is 16.5. The summed E-state index contributed by atoms with van der Waals surface area (Å²) in [4.78, 5) is 25.8. The van der Waals surface area contributed by atoms with Crippen molar-refractivity contribution in [2.24, 2.45) is 0 Å². The predicted octanol–water partition coefficient (Wildman–Crippen LogP) is 5.62. The lowest BCUT2D eigenvalue weighted by Crippen LogP contribution is -2.55. The summed E-state index contributed by atoms with van der Waals surface area (Å²) in [5.74, 6) is -0.887. The Bertz CT molecular complexity index is 1070. The van der Waals surface area contributed by atoms with Crippen LogP contribution < -0.4 is 5.32 Å². The average Bonchev–Trinajstić information content (AvgIpc) is 3.35. The summed E-state index contributed by atoms with van der Waals surface area (Å²) in [7, 11) is 0. The highest BCUT2D eigenvalue weighted by Gasteiger charge is 2.42. The third-order valence-corrected chi connectivity index (χ3v) is 7.98. The van der Waals surface area contributed by atoms with Gasteiger partial charge in [0.05, 0.1) is 12.7 Å². The van der Waals surface area contributed by atoms with Crippen LogP contribution in [-0.4, -0.2) is 46.6 Å². The maximum Gasteiger partial charge on any atom is 0.329 e. The largest absolute Gasteiger partial charge is 0.480 e. The highest BCUT2D eigenvalue weighted by molar-refractivity contribution is 5.84. The molecule has 0 spiro atoms. The number of anilines is 1. The summed E-state index contributed by atoms with van der Waals surface area (Å²) in [6.45, 7) is 9.33. The summed E-state index contributed by atoms with van der Waals surface area (Å²) in [5, 5.41) is 13.5. The number of piperidine rings is 1. The summed E-state index contributed by atoms with van der Waals surface area (Å²) in [6.07, 6.45) is 5.67. The fourth-order valence-electron chi connectivity index (χ4n) is 5.40. The molecule has 2 aliphatic rings. The maximum atomic E-state index is 12.3. The monoisotopic (exact) mass is 478 g/mol. The maximum absolute atomic E-state index is 12.3. The van der Waals surface area contributed by atoms with Gasteiger partial charge in [0, 0.05) is 25.7 Å². The Morgan fingerprint density at radius 1 is 1.06 bits per heavy atom. The van der Waals surface area contributed by atoms with Crippen LogP contribution >= 0.6 is 0 Å². The van der Waals surface area contributed by atoms with Crippen LogP contribution in [0, 0.1) is 20.8 Å². The third kappa shape index (κ3) is 5.53. The lowest BCUT2D eigenvalue weighted by atomic mass is 9.86. The van der Waals surface area contributed by atoms with Gasteiger partial charge in [-0.25, -0.2) is 4.79 Å². The molecule has 0 aromatic heterocycles. The number of nitrogens with zero attached hydrogens (tertiary/aromatic N) is 1. The van der Waals surface area contributed by atoms with Crippen LogP contribution in [0.1, 0.15) is 67.7 Å². The fourth-order valence-corrected chi connectivity index (χ4v) is 5.40. The van der Waals surface area contributed by atoms with E-state index in [9.17, 15) is 14.7 Å². The van der Waals surface area contributed by atoms with Gasteiger partial charge in [0.2, 0.25) is 5.91 Å². The number of aliphatic carboxylic acids is 1. The van der Waals surface area contributed by atoms with Crippen LogP contribution in [0.4, 0.5) is 5.69 Å². The average molecular weight is 479 g/mol. The molecule has 2 N–H and O–H groups in total. The first-order valence-electron chi connectivity index (χ1n) is 12.8. The van der Waals surface area contributed by atoms with Gasteiger partial charge in [0.25, 0.3) is 0 Å². The number of hydrogen-bond donors (Lipinski definition) is 2. The SMILES string of the molecule is CC(=O)N1CCC(Nc2ccc(-c3cc(C)c(C)c(C)c3)c(COC3CCCC3)c2)(C(=O)O)CC1. The molecular formula is C29H38N2O4. The quantitative estimate of drug-likeness (QED) is 0.540. The number of hydrogen-bond acceptors (Lipinski definition) is 4. The van der Waals surface area contributed by atoms with E-state index in [0.717, 1.165) is 35.2 Å². The van der Waals surface area contributed by atoms with Gasteiger partial charge in [0.15, 0.2) is 0 Å². The molecule has 4 rings (SSSR count). The minimum absolute atomic E-state index is 0.0108. The first kappa shape index (κ1) is 25.2. The van der Waals surface area contributed by atoms with Gasteiger partial charge in [-0.05, 0) is 92.0 Å². The molecule has 6 heteroatoms. The molecule has 0 bridgehead atoms. The molecule has 0 unspecified atom stereocenters. The zero-order valence-electron chi connectivity index (χ0n) is 21.4. The summed E-state index contributed by atoms with van der Waals surface area (Å²) >= 11 is 0. The van der Waals surface area contributed by atoms with Crippen molar-refractivity contribution in [2.75, 3.05) is 18.4 Å². The van der Waals surface area contributed by atoms with Crippen LogP contribution in [0.25, 0.3) is 11.1 Å². The van der Waals surface area contributed by atoms with Crippen LogP contribution in [0.2, 0.25) is 0 Å². The Balaban J connectivity index is 1.64. The second-order valence-electron chi connectivity index (χ2n) is 10.3. The normalized spacial score (nSPS) is 18.0.